The first-order chi connectivity index (χ1) is 6.08. The van der Waals surface area contributed by atoms with Gasteiger partial charge in [0.1, 0.15) is 5.92 Å². The van der Waals surface area contributed by atoms with E-state index in [0.29, 0.717) is 0 Å². The number of primary amides is 1. The second kappa shape index (κ2) is 5.51. The summed E-state index contributed by atoms with van der Waals surface area (Å²) in [6, 6.07) is 1.82. The molecule has 1 amide bonds. The quantitative estimate of drug-likeness (QED) is 0.479. The van der Waals surface area contributed by atoms with Gasteiger partial charge in [-0.2, -0.15) is 5.26 Å². The van der Waals surface area contributed by atoms with E-state index in [1.807, 2.05) is 6.07 Å². The third-order valence-corrected chi connectivity index (χ3v) is 1.87. The molecule has 0 heterocycles. The van der Waals surface area contributed by atoms with E-state index in [4.69, 9.17) is 20.5 Å². The van der Waals surface area contributed by atoms with E-state index < -0.39 is 18.1 Å². The van der Waals surface area contributed by atoms with Gasteiger partial charge in [-0.3, -0.25) is 4.79 Å². The van der Waals surface area contributed by atoms with Gasteiger partial charge in [0.2, 0.25) is 5.91 Å². The lowest BCUT2D eigenvalue weighted by Gasteiger charge is -2.22. The molecule has 0 aromatic rings. The van der Waals surface area contributed by atoms with Gasteiger partial charge in [0, 0.05) is 20.1 Å². The summed E-state index contributed by atoms with van der Waals surface area (Å²) >= 11 is 0. The van der Waals surface area contributed by atoms with Crippen molar-refractivity contribution < 1.29 is 14.3 Å². The van der Waals surface area contributed by atoms with E-state index >= 15 is 0 Å². The smallest absolute Gasteiger partial charge is 0.235 e. The van der Waals surface area contributed by atoms with Gasteiger partial charge in [0.25, 0.3) is 0 Å². The molecule has 0 aromatic carbocycles. The average molecular weight is 187 g/mol. The van der Waals surface area contributed by atoms with E-state index in [9.17, 15) is 4.79 Å². The molecule has 0 aliphatic rings. The molecule has 2 N–H and O–H groups in total. The van der Waals surface area contributed by atoms with Crippen LogP contribution in [0.2, 0.25) is 0 Å². The lowest BCUT2D eigenvalue weighted by Crippen LogP contribution is -2.35. The summed E-state index contributed by atoms with van der Waals surface area (Å²) in [6.45, 7) is 1.68. The van der Waals surface area contributed by atoms with Crippen LogP contribution in [0.1, 0.15) is 6.92 Å². The minimum atomic E-state index is -0.884. The molecule has 0 fully saturated rings. The van der Waals surface area contributed by atoms with Crippen molar-refractivity contribution in [3.05, 3.63) is 0 Å². The van der Waals surface area contributed by atoms with Crippen molar-refractivity contribution >= 4 is 5.91 Å². The fourth-order valence-corrected chi connectivity index (χ4v) is 1.12. The van der Waals surface area contributed by atoms with E-state index in [2.05, 4.69) is 0 Å². The van der Waals surface area contributed by atoms with E-state index in [0.717, 1.165) is 0 Å². The highest BCUT2D eigenvalue weighted by molar-refractivity contribution is 5.79. The Bertz CT molecular complexity index is 208. The maximum Gasteiger partial charge on any atom is 0.235 e. The molecule has 0 rings (SSSR count). The largest absolute Gasteiger partial charge is 0.369 e. The first-order valence-corrected chi connectivity index (χ1v) is 3.83. The molecular weight excluding hydrogens is 173 g/mol. The summed E-state index contributed by atoms with van der Waals surface area (Å²) in [5.41, 5.74) is 5.02. The van der Waals surface area contributed by atoms with Crippen molar-refractivity contribution in [2.24, 2.45) is 17.6 Å². The Morgan fingerprint density at radius 3 is 2.15 bits per heavy atom. The summed E-state index contributed by atoms with van der Waals surface area (Å²) in [7, 11) is 2.89. The summed E-state index contributed by atoms with van der Waals surface area (Å²) in [4.78, 5) is 10.8. The van der Waals surface area contributed by atoms with Crippen LogP contribution < -0.4 is 5.73 Å². The number of nitriles is 1. The summed E-state index contributed by atoms with van der Waals surface area (Å²) in [5, 5.41) is 8.64. The lowest BCUT2D eigenvalue weighted by atomic mass is 10.0. The zero-order chi connectivity index (χ0) is 10.4. The normalized spacial score (nSPS) is 15.0. The van der Waals surface area contributed by atoms with Gasteiger partial charge in [0.15, 0.2) is 6.29 Å². The van der Waals surface area contributed by atoms with Crippen molar-refractivity contribution in [2.45, 2.75) is 13.2 Å². The molecule has 13 heavy (non-hydrogen) atoms. The fourth-order valence-electron chi connectivity index (χ4n) is 1.12. The third kappa shape index (κ3) is 3.01. The molecule has 0 aliphatic carbocycles. The van der Waals surface area contributed by atoms with Crippen molar-refractivity contribution in [1.82, 2.24) is 0 Å². The lowest BCUT2D eigenvalue weighted by molar-refractivity contribution is -0.149. The number of methoxy groups -OCH3 is 2. The van der Waals surface area contributed by atoms with Crippen LogP contribution in [0.25, 0.3) is 0 Å². The van der Waals surface area contributed by atoms with Gasteiger partial charge < -0.3 is 15.2 Å². The number of hydrogen-bond donors (Lipinski definition) is 1. The summed E-state index contributed by atoms with van der Waals surface area (Å²) in [5.74, 6) is -1.92. The second-order valence-corrected chi connectivity index (χ2v) is 2.71. The Morgan fingerprint density at radius 2 is 1.92 bits per heavy atom. The highest BCUT2D eigenvalue weighted by atomic mass is 16.7. The molecule has 0 saturated heterocycles. The molecule has 5 nitrogen and oxygen atoms in total. The van der Waals surface area contributed by atoms with Gasteiger partial charge in [-0.15, -0.1) is 0 Å². The molecule has 2 atom stereocenters. The Hall–Kier alpha value is -1.12. The van der Waals surface area contributed by atoms with Crippen LogP contribution in [-0.2, 0) is 14.3 Å². The molecule has 5 heteroatoms. The molecule has 74 valence electrons. The van der Waals surface area contributed by atoms with Gasteiger partial charge in [-0.05, 0) is 0 Å². The van der Waals surface area contributed by atoms with Gasteiger partial charge >= 0.3 is 0 Å². The minimum absolute atomic E-state index is 0.377. The Morgan fingerprint density at radius 1 is 1.46 bits per heavy atom. The number of amides is 1. The van der Waals surface area contributed by atoms with Crippen LogP contribution in [0.15, 0.2) is 0 Å². The molecular formula is C8H14N2O3. The number of nitrogens with two attached hydrogens (primary N) is 1. The standard InChI is InChI=1S/C8H14N2O3/c1-5(8(12-2)13-3)6(4-9)7(10)11/h5-6,8H,1-3H3,(H2,10,11)/i7+1. The van der Waals surface area contributed by atoms with E-state index in [-0.39, 0.29) is 5.92 Å². The monoisotopic (exact) mass is 187 g/mol. The summed E-state index contributed by atoms with van der Waals surface area (Å²) in [6.07, 6.45) is -0.586. The van der Waals surface area contributed by atoms with Crippen molar-refractivity contribution in [3.8, 4) is 6.07 Å². The number of hydrogen-bond acceptors (Lipinski definition) is 4. The number of ether oxygens (including phenoxy) is 2. The minimum Gasteiger partial charge on any atom is -0.369 e. The number of nitrogens with zero attached hydrogens (tertiary/aromatic N) is 1. The van der Waals surface area contributed by atoms with Crippen LogP contribution >= 0.6 is 0 Å². The highest BCUT2D eigenvalue weighted by Crippen LogP contribution is 2.17. The molecule has 0 aliphatic heterocycles. The summed E-state index contributed by atoms with van der Waals surface area (Å²) < 4.78 is 9.83. The zero-order valence-corrected chi connectivity index (χ0v) is 7.98. The van der Waals surface area contributed by atoms with Gasteiger partial charge in [-0.1, -0.05) is 6.92 Å². The van der Waals surface area contributed by atoms with E-state index in [1.54, 1.807) is 6.92 Å². The van der Waals surface area contributed by atoms with E-state index in [1.165, 1.54) is 14.2 Å². The zero-order valence-electron chi connectivity index (χ0n) is 7.98. The maximum atomic E-state index is 10.8. The molecule has 0 spiro atoms. The molecule has 2 unspecified atom stereocenters. The number of rotatable bonds is 5. The van der Waals surface area contributed by atoms with Crippen LogP contribution in [0, 0.1) is 23.2 Å². The first-order valence-electron chi connectivity index (χ1n) is 3.83. The van der Waals surface area contributed by atoms with Crippen molar-refractivity contribution in [2.75, 3.05) is 14.2 Å². The Balaban J connectivity index is 4.45. The molecule has 0 radical (unpaired) electrons. The average Bonchev–Trinajstić information content (AvgIpc) is 2.07. The van der Waals surface area contributed by atoms with Crippen LogP contribution in [0.4, 0.5) is 0 Å². The van der Waals surface area contributed by atoms with Crippen LogP contribution in [0.5, 0.6) is 0 Å². The fraction of sp³-hybridized carbons (Fsp3) is 0.750. The van der Waals surface area contributed by atoms with Crippen LogP contribution in [-0.4, -0.2) is 26.4 Å². The Labute approximate surface area is 77.4 Å². The first kappa shape index (κ1) is 11.9. The SMILES string of the molecule is COC(OC)C(C)C(C#N)[13C](N)=O. The number of carbonyl (C=O) groups is 1. The molecule has 0 saturated carbocycles. The van der Waals surface area contributed by atoms with Crippen molar-refractivity contribution in [1.29, 1.82) is 5.26 Å². The Kier molecular flexibility index (Phi) is 5.04. The second-order valence-electron chi connectivity index (χ2n) is 2.71. The predicted molar refractivity (Wildman–Crippen MR) is 45.3 cm³/mol. The van der Waals surface area contributed by atoms with Gasteiger partial charge in [0.05, 0.1) is 6.07 Å². The highest BCUT2D eigenvalue weighted by Gasteiger charge is 2.29. The van der Waals surface area contributed by atoms with Crippen molar-refractivity contribution in [3.63, 3.8) is 0 Å². The third-order valence-electron chi connectivity index (χ3n) is 1.87. The number of carbonyl (C=O) groups excluding carboxylic acids is 1. The van der Waals surface area contributed by atoms with Gasteiger partial charge in [-0.25, -0.2) is 0 Å². The molecule has 0 aromatic heterocycles. The topological polar surface area (TPSA) is 85.3 Å². The predicted octanol–water partition coefficient (Wildman–Crippen LogP) is -0.134. The maximum absolute atomic E-state index is 10.8. The molecule has 0 bridgehead atoms. The van der Waals surface area contributed by atoms with Crippen LogP contribution in [0.3, 0.4) is 0 Å².